The summed E-state index contributed by atoms with van der Waals surface area (Å²) in [5, 5.41) is 28.4. The number of amides is 2. The first kappa shape index (κ1) is 23.9. The number of aromatic amines is 1. The fourth-order valence-electron chi connectivity index (χ4n) is 3.54. The van der Waals surface area contributed by atoms with Crippen LogP contribution >= 0.6 is 0 Å². The van der Waals surface area contributed by atoms with Gasteiger partial charge in [0.05, 0.1) is 11.1 Å². The Balaban J connectivity index is 1.60. The molecule has 0 aliphatic rings. The van der Waals surface area contributed by atoms with E-state index in [4.69, 9.17) is 0 Å². The number of aromatic hydroxyl groups is 1. The number of hydrazone groups is 1. The standard InChI is InChI=1S/C26H21N5O5/c1-16-21(20-14-19(31(35)36)11-12-22(20)28-16)15-27-30-26(34)23(13-18-9-5-6-10-24(18)32)29-25(33)17-7-3-2-4-8-17/h2-15,28,32H,1H3,(H,29,33)(H,30,34)/b23-13-,27-15+. The molecule has 1 aromatic heterocycles. The van der Waals surface area contributed by atoms with Crippen molar-refractivity contribution in [3.63, 3.8) is 0 Å². The van der Waals surface area contributed by atoms with E-state index in [1.807, 2.05) is 0 Å². The van der Waals surface area contributed by atoms with Crippen LogP contribution in [0.5, 0.6) is 5.75 Å². The molecular weight excluding hydrogens is 462 g/mol. The number of hydrogen-bond donors (Lipinski definition) is 4. The summed E-state index contributed by atoms with van der Waals surface area (Å²) in [5.74, 6) is -1.32. The van der Waals surface area contributed by atoms with Crippen LogP contribution in [0.25, 0.3) is 17.0 Å². The number of nitro benzene ring substituents is 1. The zero-order valence-corrected chi connectivity index (χ0v) is 19.1. The lowest BCUT2D eigenvalue weighted by Crippen LogP contribution is -2.32. The summed E-state index contributed by atoms with van der Waals surface area (Å²) < 4.78 is 0. The Hall–Kier alpha value is -5.25. The Morgan fingerprint density at radius 3 is 2.50 bits per heavy atom. The van der Waals surface area contributed by atoms with Crippen molar-refractivity contribution in [2.24, 2.45) is 5.10 Å². The van der Waals surface area contributed by atoms with E-state index in [9.17, 15) is 24.8 Å². The summed E-state index contributed by atoms with van der Waals surface area (Å²) in [7, 11) is 0. The number of fused-ring (bicyclic) bond motifs is 1. The van der Waals surface area contributed by atoms with E-state index in [-0.39, 0.29) is 17.1 Å². The molecule has 3 aromatic carbocycles. The van der Waals surface area contributed by atoms with Gasteiger partial charge in [-0.05, 0) is 37.3 Å². The van der Waals surface area contributed by atoms with Crippen molar-refractivity contribution in [3.05, 3.63) is 111 Å². The molecule has 0 fully saturated rings. The van der Waals surface area contributed by atoms with Gasteiger partial charge in [0.1, 0.15) is 11.4 Å². The summed E-state index contributed by atoms with van der Waals surface area (Å²) in [6.45, 7) is 1.78. The van der Waals surface area contributed by atoms with Crippen molar-refractivity contribution < 1.29 is 19.6 Å². The first-order valence-electron chi connectivity index (χ1n) is 10.8. The highest BCUT2D eigenvalue weighted by Crippen LogP contribution is 2.25. The van der Waals surface area contributed by atoms with Gasteiger partial charge in [-0.2, -0.15) is 5.10 Å². The summed E-state index contributed by atoms with van der Waals surface area (Å²) in [6, 6.07) is 19.1. The fourth-order valence-corrected chi connectivity index (χ4v) is 3.54. The molecule has 2 amide bonds. The molecule has 1 heterocycles. The summed E-state index contributed by atoms with van der Waals surface area (Å²) in [4.78, 5) is 39.4. The molecule has 4 N–H and O–H groups in total. The average Bonchev–Trinajstić information content (AvgIpc) is 3.19. The fraction of sp³-hybridized carbons (Fsp3) is 0.0385. The number of para-hydroxylation sites is 1. The molecule has 0 atom stereocenters. The van der Waals surface area contributed by atoms with Crippen LogP contribution in [0.2, 0.25) is 0 Å². The van der Waals surface area contributed by atoms with Crippen molar-refractivity contribution in [2.75, 3.05) is 0 Å². The quantitative estimate of drug-likeness (QED) is 0.136. The van der Waals surface area contributed by atoms with Gasteiger partial charge in [-0.3, -0.25) is 19.7 Å². The molecular formula is C26H21N5O5. The lowest BCUT2D eigenvalue weighted by molar-refractivity contribution is -0.384. The lowest BCUT2D eigenvalue weighted by Gasteiger charge is -2.09. The van der Waals surface area contributed by atoms with Gasteiger partial charge in [0.15, 0.2) is 0 Å². The van der Waals surface area contributed by atoms with Crippen molar-refractivity contribution in [2.45, 2.75) is 6.92 Å². The molecule has 0 aliphatic heterocycles. The van der Waals surface area contributed by atoms with Crippen LogP contribution in [-0.2, 0) is 4.79 Å². The van der Waals surface area contributed by atoms with Crippen LogP contribution in [0, 0.1) is 17.0 Å². The lowest BCUT2D eigenvalue weighted by atomic mass is 10.1. The molecule has 4 aromatic rings. The van der Waals surface area contributed by atoms with E-state index in [0.717, 1.165) is 0 Å². The molecule has 36 heavy (non-hydrogen) atoms. The van der Waals surface area contributed by atoms with Crippen molar-refractivity contribution in [1.29, 1.82) is 0 Å². The normalized spacial score (nSPS) is 11.5. The first-order chi connectivity index (χ1) is 17.3. The molecule has 0 saturated heterocycles. The van der Waals surface area contributed by atoms with Crippen LogP contribution in [-0.4, -0.2) is 33.0 Å². The molecule has 10 nitrogen and oxygen atoms in total. The number of H-pyrrole nitrogens is 1. The Bertz CT molecular complexity index is 1520. The van der Waals surface area contributed by atoms with Gasteiger partial charge in [0.2, 0.25) is 0 Å². The van der Waals surface area contributed by atoms with Gasteiger partial charge < -0.3 is 15.4 Å². The molecule has 10 heteroatoms. The van der Waals surface area contributed by atoms with Crippen molar-refractivity contribution in [1.82, 2.24) is 15.7 Å². The number of nitrogens with one attached hydrogen (secondary N) is 3. The zero-order chi connectivity index (χ0) is 25.7. The molecule has 4 rings (SSSR count). The number of non-ortho nitro benzene ring substituents is 1. The van der Waals surface area contributed by atoms with Crippen LogP contribution in [0.3, 0.4) is 0 Å². The maximum Gasteiger partial charge on any atom is 0.287 e. The second-order valence-corrected chi connectivity index (χ2v) is 7.79. The molecule has 0 saturated carbocycles. The monoisotopic (exact) mass is 483 g/mol. The maximum absolute atomic E-state index is 13.0. The number of carbonyl (C=O) groups is 2. The summed E-state index contributed by atoms with van der Waals surface area (Å²) >= 11 is 0. The average molecular weight is 483 g/mol. The number of carbonyl (C=O) groups excluding carboxylic acids is 2. The molecule has 180 valence electrons. The predicted molar refractivity (Wildman–Crippen MR) is 135 cm³/mol. The predicted octanol–water partition coefficient (Wildman–Crippen LogP) is 4.01. The van der Waals surface area contributed by atoms with Gasteiger partial charge in [0, 0.05) is 45.4 Å². The summed E-state index contributed by atoms with van der Waals surface area (Å²) in [5.41, 5.74) is 4.75. The summed E-state index contributed by atoms with van der Waals surface area (Å²) in [6.07, 6.45) is 2.70. The van der Waals surface area contributed by atoms with E-state index >= 15 is 0 Å². The largest absolute Gasteiger partial charge is 0.507 e. The third-order valence-electron chi connectivity index (χ3n) is 5.36. The van der Waals surface area contributed by atoms with Crippen LogP contribution in [0.15, 0.2) is 83.6 Å². The first-order valence-corrected chi connectivity index (χ1v) is 10.8. The third kappa shape index (κ3) is 5.28. The number of nitro groups is 1. The van der Waals surface area contributed by atoms with Gasteiger partial charge in [-0.15, -0.1) is 0 Å². The topological polar surface area (TPSA) is 150 Å². The van der Waals surface area contributed by atoms with E-state index in [1.54, 1.807) is 61.5 Å². The smallest absolute Gasteiger partial charge is 0.287 e. The number of aryl methyl sites for hydroxylation is 1. The molecule has 0 unspecified atom stereocenters. The van der Waals surface area contributed by atoms with Crippen LogP contribution in [0.4, 0.5) is 5.69 Å². The number of benzene rings is 3. The minimum Gasteiger partial charge on any atom is -0.507 e. The van der Waals surface area contributed by atoms with Crippen LogP contribution < -0.4 is 10.7 Å². The maximum atomic E-state index is 13.0. The second-order valence-electron chi connectivity index (χ2n) is 7.79. The highest BCUT2D eigenvalue weighted by Gasteiger charge is 2.16. The number of hydrogen-bond acceptors (Lipinski definition) is 6. The van der Waals surface area contributed by atoms with Gasteiger partial charge in [-0.1, -0.05) is 36.4 Å². The number of rotatable bonds is 7. The van der Waals surface area contributed by atoms with Gasteiger partial charge in [0.25, 0.3) is 17.5 Å². The van der Waals surface area contributed by atoms with E-state index in [2.05, 4.69) is 20.8 Å². The Kier molecular flexibility index (Phi) is 6.87. The molecule has 0 radical (unpaired) electrons. The van der Waals surface area contributed by atoms with Crippen molar-refractivity contribution >= 4 is 40.7 Å². The number of aromatic nitrogens is 1. The Labute approximate surface area is 205 Å². The minimum atomic E-state index is -0.734. The van der Waals surface area contributed by atoms with E-state index < -0.39 is 16.7 Å². The third-order valence-corrected chi connectivity index (χ3v) is 5.36. The van der Waals surface area contributed by atoms with Crippen LogP contribution in [0.1, 0.15) is 27.2 Å². The number of nitrogens with zero attached hydrogens (tertiary/aromatic N) is 2. The number of phenolic OH excluding ortho intramolecular Hbond substituents is 1. The SMILES string of the molecule is Cc1[nH]c2ccc([N+](=O)[O-])cc2c1/C=N/NC(=O)/C(=C/c1ccccc1O)NC(=O)c1ccccc1. The zero-order valence-electron chi connectivity index (χ0n) is 19.1. The second kappa shape index (κ2) is 10.3. The molecule has 0 aliphatic carbocycles. The molecule has 0 spiro atoms. The van der Waals surface area contributed by atoms with Gasteiger partial charge >= 0.3 is 0 Å². The number of phenols is 1. The Morgan fingerprint density at radius 1 is 1.06 bits per heavy atom. The van der Waals surface area contributed by atoms with E-state index in [1.165, 1.54) is 30.5 Å². The Morgan fingerprint density at radius 2 is 1.78 bits per heavy atom. The van der Waals surface area contributed by atoms with Gasteiger partial charge in [-0.25, -0.2) is 5.43 Å². The molecule has 0 bridgehead atoms. The highest BCUT2D eigenvalue weighted by molar-refractivity contribution is 6.06. The minimum absolute atomic E-state index is 0.0725. The van der Waals surface area contributed by atoms with Crippen molar-refractivity contribution in [3.8, 4) is 5.75 Å². The highest BCUT2D eigenvalue weighted by atomic mass is 16.6. The van der Waals surface area contributed by atoms with E-state index in [0.29, 0.717) is 33.3 Å².